The van der Waals surface area contributed by atoms with Gasteiger partial charge >= 0.3 is 5.69 Å². The molecule has 3 rings (SSSR count). The van der Waals surface area contributed by atoms with Crippen molar-refractivity contribution in [3.8, 4) is 0 Å². The Morgan fingerprint density at radius 1 is 1.15 bits per heavy atom. The third kappa shape index (κ3) is 5.53. The third-order valence-electron chi connectivity index (χ3n) is 6.36. The molecule has 1 amide bonds. The summed E-state index contributed by atoms with van der Waals surface area (Å²) < 4.78 is 29.1. The highest BCUT2D eigenvalue weighted by Crippen LogP contribution is 2.19. The Bertz CT molecular complexity index is 1240. The first-order valence-electron chi connectivity index (χ1n) is 11.2. The SMILES string of the molecule is CC1CCN(CCCNC(=O)CN(C)S(=O)(=O)c2ccc3c(c2)c(=O)n(C)c(=O)n3C)CC1. The zero-order chi connectivity index (χ0) is 24.3. The molecule has 1 aromatic heterocycles. The lowest BCUT2D eigenvalue weighted by atomic mass is 9.99. The number of carbonyl (C=O) groups is 1. The van der Waals surface area contributed by atoms with Crippen LogP contribution in [0.15, 0.2) is 32.7 Å². The van der Waals surface area contributed by atoms with Gasteiger partial charge in [-0.15, -0.1) is 0 Å². The number of aryl methyl sites for hydroxylation is 1. The minimum Gasteiger partial charge on any atom is -0.355 e. The number of aromatic nitrogens is 2. The van der Waals surface area contributed by atoms with Crippen molar-refractivity contribution >= 4 is 26.8 Å². The fourth-order valence-corrected chi connectivity index (χ4v) is 5.23. The average molecular weight is 480 g/mol. The molecule has 0 atom stereocenters. The lowest BCUT2D eigenvalue weighted by molar-refractivity contribution is -0.121. The van der Waals surface area contributed by atoms with E-state index in [-0.39, 0.29) is 22.7 Å². The molecule has 2 aromatic rings. The number of hydrogen-bond acceptors (Lipinski definition) is 6. The minimum absolute atomic E-state index is 0.111. The van der Waals surface area contributed by atoms with Gasteiger partial charge in [0.2, 0.25) is 15.9 Å². The highest BCUT2D eigenvalue weighted by molar-refractivity contribution is 7.89. The fraction of sp³-hybridized carbons (Fsp3) is 0.591. The summed E-state index contributed by atoms with van der Waals surface area (Å²) in [6.45, 7) is 5.50. The number of amides is 1. The van der Waals surface area contributed by atoms with Gasteiger partial charge in [-0.3, -0.25) is 18.7 Å². The monoisotopic (exact) mass is 479 g/mol. The standard InChI is InChI=1S/C22H33N5O5S/c1-16-8-12-27(13-9-16)11-5-10-23-20(28)15-24(2)33(31,32)17-6-7-19-18(14-17)21(29)26(4)22(30)25(19)3/h6-7,14,16H,5,8-13,15H2,1-4H3,(H,23,28). The largest absolute Gasteiger partial charge is 0.355 e. The Morgan fingerprint density at radius 2 is 1.82 bits per heavy atom. The molecule has 0 unspecified atom stereocenters. The quantitative estimate of drug-likeness (QED) is 0.537. The number of nitrogens with zero attached hydrogens (tertiary/aromatic N) is 4. The summed E-state index contributed by atoms with van der Waals surface area (Å²) in [6, 6.07) is 4.02. The van der Waals surface area contributed by atoms with Crippen LogP contribution in [-0.4, -0.2) is 72.4 Å². The topological polar surface area (TPSA) is 114 Å². The zero-order valence-electron chi connectivity index (χ0n) is 19.7. The van der Waals surface area contributed by atoms with Crippen LogP contribution in [0.5, 0.6) is 0 Å². The molecule has 0 radical (unpaired) electrons. The molecule has 11 heteroatoms. The summed E-state index contributed by atoms with van der Waals surface area (Å²) in [5.41, 5.74) is -0.731. The highest BCUT2D eigenvalue weighted by atomic mass is 32.2. The molecule has 33 heavy (non-hydrogen) atoms. The summed E-state index contributed by atoms with van der Waals surface area (Å²) in [7, 11) is 0.179. The van der Waals surface area contributed by atoms with E-state index in [4.69, 9.17) is 0 Å². The number of benzene rings is 1. The van der Waals surface area contributed by atoms with Gasteiger partial charge in [0.15, 0.2) is 0 Å². The van der Waals surface area contributed by atoms with Gasteiger partial charge < -0.3 is 10.2 Å². The molecule has 1 saturated heterocycles. The number of likely N-dealkylation sites (N-methyl/N-ethyl adjacent to an activating group) is 1. The van der Waals surface area contributed by atoms with Gasteiger partial charge in [0.25, 0.3) is 5.56 Å². The van der Waals surface area contributed by atoms with E-state index in [9.17, 15) is 22.8 Å². The molecule has 1 aliphatic heterocycles. The predicted molar refractivity (Wildman–Crippen MR) is 127 cm³/mol. The van der Waals surface area contributed by atoms with Crippen molar-refractivity contribution in [1.29, 1.82) is 0 Å². The van der Waals surface area contributed by atoms with E-state index < -0.39 is 21.3 Å². The van der Waals surface area contributed by atoms with E-state index in [1.807, 2.05) is 0 Å². The van der Waals surface area contributed by atoms with Gasteiger partial charge in [0, 0.05) is 27.7 Å². The lowest BCUT2D eigenvalue weighted by Gasteiger charge is -2.30. The molecule has 1 aromatic carbocycles. The van der Waals surface area contributed by atoms with Crippen LogP contribution in [0.3, 0.4) is 0 Å². The van der Waals surface area contributed by atoms with Crippen LogP contribution in [0, 0.1) is 5.92 Å². The van der Waals surface area contributed by atoms with Crippen molar-refractivity contribution in [2.24, 2.45) is 20.0 Å². The lowest BCUT2D eigenvalue weighted by Crippen LogP contribution is -2.40. The van der Waals surface area contributed by atoms with Crippen LogP contribution in [-0.2, 0) is 28.9 Å². The maximum atomic E-state index is 13.0. The highest BCUT2D eigenvalue weighted by Gasteiger charge is 2.24. The number of sulfonamides is 1. The van der Waals surface area contributed by atoms with Gasteiger partial charge in [0.05, 0.1) is 22.3 Å². The predicted octanol–water partition coefficient (Wildman–Crippen LogP) is 0.0959. The number of hydrogen-bond donors (Lipinski definition) is 1. The van der Waals surface area contributed by atoms with Crippen molar-refractivity contribution in [3.63, 3.8) is 0 Å². The molecule has 182 valence electrons. The average Bonchev–Trinajstić information content (AvgIpc) is 2.79. The maximum Gasteiger partial charge on any atom is 0.330 e. The van der Waals surface area contributed by atoms with Gasteiger partial charge in [-0.05, 0) is 63.0 Å². The number of fused-ring (bicyclic) bond motifs is 1. The summed E-state index contributed by atoms with van der Waals surface area (Å²) in [4.78, 5) is 39.1. The van der Waals surface area contributed by atoms with Crippen LogP contribution in [0.25, 0.3) is 10.9 Å². The normalized spacial score (nSPS) is 15.9. The summed E-state index contributed by atoms with van der Waals surface area (Å²) in [5, 5.41) is 2.90. The first-order valence-corrected chi connectivity index (χ1v) is 12.6. The van der Waals surface area contributed by atoms with Crippen molar-refractivity contribution in [2.75, 3.05) is 39.8 Å². The number of piperidine rings is 1. The van der Waals surface area contributed by atoms with Crippen molar-refractivity contribution in [3.05, 3.63) is 39.0 Å². The van der Waals surface area contributed by atoms with Gasteiger partial charge in [0.1, 0.15) is 0 Å². The number of likely N-dealkylation sites (tertiary alicyclic amines) is 1. The van der Waals surface area contributed by atoms with E-state index in [0.717, 1.165) is 40.8 Å². The van der Waals surface area contributed by atoms with Crippen LogP contribution in [0.1, 0.15) is 26.2 Å². The Morgan fingerprint density at radius 3 is 2.48 bits per heavy atom. The molecule has 1 fully saturated rings. The molecule has 1 aliphatic rings. The zero-order valence-corrected chi connectivity index (χ0v) is 20.5. The molecule has 1 N–H and O–H groups in total. The maximum absolute atomic E-state index is 13.0. The van der Waals surface area contributed by atoms with Crippen LogP contribution < -0.4 is 16.6 Å². The van der Waals surface area contributed by atoms with E-state index in [2.05, 4.69) is 17.1 Å². The van der Waals surface area contributed by atoms with Crippen molar-refractivity contribution in [2.45, 2.75) is 31.1 Å². The molecule has 0 spiro atoms. The molecule has 0 aliphatic carbocycles. The molecule has 0 saturated carbocycles. The first-order chi connectivity index (χ1) is 15.5. The Labute approximate surface area is 193 Å². The van der Waals surface area contributed by atoms with E-state index in [1.54, 1.807) is 0 Å². The van der Waals surface area contributed by atoms with Crippen LogP contribution >= 0.6 is 0 Å². The molecular formula is C22H33N5O5S. The molecule has 0 bridgehead atoms. The Hall–Kier alpha value is -2.50. The summed E-state index contributed by atoms with van der Waals surface area (Å²) >= 11 is 0. The van der Waals surface area contributed by atoms with E-state index in [0.29, 0.717) is 12.1 Å². The smallest absolute Gasteiger partial charge is 0.330 e. The third-order valence-corrected chi connectivity index (χ3v) is 8.16. The second-order valence-electron chi connectivity index (χ2n) is 8.87. The summed E-state index contributed by atoms with van der Waals surface area (Å²) in [5.74, 6) is 0.392. The second kappa shape index (κ2) is 10.2. The molecule has 2 heterocycles. The van der Waals surface area contributed by atoms with E-state index >= 15 is 0 Å². The molecular weight excluding hydrogens is 446 g/mol. The van der Waals surface area contributed by atoms with E-state index in [1.165, 1.54) is 56.8 Å². The Kier molecular flexibility index (Phi) is 7.76. The van der Waals surface area contributed by atoms with Gasteiger partial charge in [-0.25, -0.2) is 13.2 Å². The minimum atomic E-state index is -4.00. The van der Waals surface area contributed by atoms with Crippen LogP contribution in [0.2, 0.25) is 0 Å². The number of nitrogens with one attached hydrogen (secondary N) is 1. The second-order valence-corrected chi connectivity index (χ2v) is 10.9. The van der Waals surface area contributed by atoms with Crippen molar-refractivity contribution in [1.82, 2.24) is 23.7 Å². The van der Waals surface area contributed by atoms with Crippen LogP contribution in [0.4, 0.5) is 0 Å². The number of carbonyl (C=O) groups excluding carboxylic acids is 1. The molecule has 10 nitrogen and oxygen atoms in total. The fourth-order valence-electron chi connectivity index (χ4n) is 4.07. The van der Waals surface area contributed by atoms with Gasteiger partial charge in [-0.2, -0.15) is 4.31 Å². The Balaban J connectivity index is 1.61. The summed E-state index contributed by atoms with van der Waals surface area (Å²) in [6.07, 6.45) is 3.21. The van der Waals surface area contributed by atoms with Gasteiger partial charge in [-0.1, -0.05) is 6.92 Å². The number of rotatable bonds is 8. The van der Waals surface area contributed by atoms with Crippen molar-refractivity contribution < 1.29 is 13.2 Å². The first kappa shape index (κ1) is 25.1.